The summed E-state index contributed by atoms with van der Waals surface area (Å²) in [4.78, 5) is 0.123. The highest BCUT2D eigenvalue weighted by atomic mass is 32.2. The van der Waals surface area contributed by atoms with Crippen LogP contribution in [0.25, 0.3) is 0 Å². The molecule has 0 saturated heterocycles. The average molecular weight is 395 g/mol. The van der Waals surface area contributed by atoms with Gasteiger partial charge in [-0.2, -0.15) is 21.6 Å². The molecule has 142 valence electrons. The normalized spacial score (nSPS) is 19.6. The number of hydrogen-bond acceptors (Lipinski definition) is 4. The Morgan fingerprint density at radius 2 is 1.74 bits per heavy atom. The molecule has 0 unspecified atom stereocenters. The van der Waals surface area contributed by atoms with Crippen molar-refractivity contribution in [1.29, 1.82) is 0 Å². The molecule has 2 aliphatic rings. The van der Waals surface area contributed by atoms with Crippen molar-refractivity contribution in [2.75, 3.05) is 11.9 Å². The zero-order chi connectivity index (χ0) is 19.3. The fourth-order valence-electron chi connectivity index (χ4n) is 3.17. The molecule has 9 heteroatoms. The van der Waals surface area contributed by atoms with Crippen molar-refractivity contribution in [2.24, 2.45) is 4.40 Å². The Morgan fingerprint density at radius 3 is 2.37 bits per heavy atom. The van der Waals surface area contributed by atoms with Crippen molar-refractivity contribution in [3.8, 4) is 0 Å². The fraction of sp³-hybridized carbons (Fsp3) is 0.278. The zero-order valence-electron chi connectivity index (χ0n) is 14.0. The monoisotopic (exact) mass is 395 g/mol. The maximum atomic E-state index is 12.7. The van der Waals surface area contributed by atoms with Crippen molar-refractivity contribution in [1.82, 2.24) is 5.32 Å². The number of rotatable bonds is 4. The van der Waals surface area contributed by atoms with E-state index in [4.69, 9.17) is 0 Å². The number of nitrogens with zero attached hydrogens (tertiary/aromatic N) is 1. The third-order valence-electron chi connectivity index (χ3n) is 4.78. The molecule has 0 amide bonds. The van der Waals surface area contributed by atoms with Gasteiger partial charge in [0.05, 0.1) is 17.8 Å². The van der Waals surface area contributed by atoms with Crippen LogP contribution in [-0.4, -0.2) is 20.8 Å². The van der Waals surface area contributed by atoms with Crippen LogP contribution >= 0.6 is 0 Å². The lowest BCUT2D eigenvalue weighted by molar-refractivity contribution is -0.137. The lowest BCUT2D eigenvalue weighted by Crippen LogP contribution is -2.38. The summed E-state index contributed by atoms with van der Waals surface area (Å²) in [5.74, 6) is 0.256. The number of para-hydroxylation sites is 1. The first-order valence-electron chi connectivity index (χ1n) is 8.32. The first-order chi connectivity index (χ1) is 12.7. The summed E-state index contributed by atoms with van der Waals surface area (Å²) in [7, 11) is -3.76. The van der Waals surface area contributed by atoms with Gasteiger partial charge < -0.3 is 10.6 Å². The summed E-state index contributed by atoms with van der Waals surface area (Å²) in [6.45, 7) is 0.161. The smallest absolute Gasteiger partial charge is 0.341 e. The molecule has 0 bridgehead atoms. The maximum Gasteiger partial charge on any atom is 0.416 e. The number of alkyl halides is 3. The highest BCUT2D eigenvalue weighted by Gasteiger charge is 2.44. The first-order valence-corrected chi connectivity index (χ1v) is 9.76. The molecule has 27 heavy (non-hydrogen) atoms. The predicted octanol–water partition coefficient (Wildman–Crippen LogP) is 3.50. The Balaban J connectivity index is 1.50. The van der Waals surface area contributed by atoms with Crippen LogP contribution < -0.4 is 10.6 Å². The minimum Gasteiger partial charge on any atom is -0.341 e. The third kappa shape index (κ3) is 3.44. The molecule has 0 aromatic heterocycles. The number of fused-ring (bicyclic) bond motifs is 1. The van der Waals surface area contributed by atoms with E-state index in [1.807, 2.05) is 0 Å². The lowest BCUT2D eigenvalue weighted by Gasteiger charge is -2.22. The van der Waals surface area contributed by atoms with E-state index < -0.39 is 27.3 Å². The fourth-order valence-corrected chi connectivity index (χ4v) is 4.31. The van der Waals surface area contributed by atoms with Gasteiger partial charge in [0.2, 0.25) is 0 Å². The van der Waals surface area contributed by atoms with E-state index in [-0.39, 0.29) is 17.3 Å². The standard InChI is InChI=1S/C18H16F3N3O2S/c19-18(20,21)13-7-5-12(6-8-13)17(9-10-17)22-11-16-23-14-3-1-2-4-15(14)27(25,26)24-16/h1-8,22H,9-11H2,(H,23,24). The molecule has 0 spiro atoms. The summed E-state index contributed by atoms with van der Waals surface area (Å²) >= 11 is 0. The second-order valence-corrected chi connectivity index (χ2v) is 8.22. The molecular weight excluding hydrogens is 379 g/mol. The van der Waals surface area contributed by atoms with E-state index in [1.54, 1.807) is 18.2 Å². The maximum absolute atomic E-state index is 12.7. The van der Waals surface area contributed by atoms with Crippen LogP contribution in [-0.2, 0) is 21.7 Å². The highest BCUT2D eigenvalue weighted by molar-refractivity contribution is 7.90. The van der Waals surface area contributed by atoms with Crippen molar-refractivity contribution < 1.29 is 21.6 Å². The minimum absolute atomic E-state index is 0.123. The molecule has 5 nitrogen and oxygen atoms in total. The summed E-state index contributed by atoms with van der Waals surface area (Å²) < 4.78 is 66.5. The van der Waals surface area contributed by atoms with Crippen LogP contribution in [0.1, 0.15) is 24.0 Å². The number of halogens is 3. The number of nitrogens with one attached hydrogen (secondary N) is 2. The van der Waals surface area contributed by atoms with E-state index in [1.165, 1.54) is 18.2 Å². The van der Waals surface area contributed by atoms with Crippen molar-refractivity contribution >= 4 is 21.5 Å². The quantitative estimate of drug-likeness (QED) is 0.831. The molecule has 1 aliphatic carbocycles. The van der Waals surface area contributed by atoms with Gasteiger partial charge in [-0.1, -0.05) is 24.3 Å². The van der Waals surface area contributed by atoms with E-state index in [0.29, 0.717) is 5.69 Å². The Labute approximate surface area is 154 Å². The average Bonchev–Trinajstić information content (AvgIpc) is 3.40. The number of hydrogen-bond donors (Lipinski definition) is 2. The van der Waals surface area contributed by atoms with Gasteiger partial charge in [0.1, 0.15) is 10.7 Å². The van der Waals surface area contributed by atoms with Gasteiger partial charge in [0, 0.05) is 5.54 Å². The van der Waals surface area contributed by atoms with Crippen LogP contribution in [0, 0.1) is 0 Å². The van der Waals surface area contributed by atoms with Crippen LogP contribution in [0.3, 0.4) is 0 Å². The van der Waals surface area contributed by atoms with Gasteiger partial charge in [-0.15, -0.1) is 4.40 Å². The van der Waals surface area contributed by atoms with Gasteiger partial charge in [-0.3, -0.25) is 0 Å². The second-order valence-electron chi connectivity index (χ2n) is 6.64. The topological polar surface area (TPSA) is 70.6 Å². The molecule has 1 aliphatic heterocycles. The lowest BCUT2D eigenvalue weighted by atomic mass is 10.0. The molecule has 2 N–H and O–H groups in total. The summed E-state index contributed by atoms with van der Waals surface area (Å²) in [5, 5.41) is 6.24. The number of benzene rings is 2. The van der Waals surface area contributed by atoms with Crippen LogP contribution in [0.15, 0.2) is 57.8 Å². The zero-order valence-corrected chi connectivity index (χ0v) is 14.9. The van der Waals surface area contributed by atoms with E-state index in [0.717, 1.165) is 30.5 Å². The van der Waals surface area contributed by atoms with Crippen LogP contribution in [0.5, 0.6) is 0 Å². The second kappa shape index (κ2) is 6.07. The third-order valence-corrected chi connectivity index (χ3v) is 6.16. The highest BCUT2D eigenvalue weighted by Crippen LogP contribution is 2.46. The molecule has 0 atom stereocenters. The molecule has 2 aromatic rings. The van der Waals surface area contributed by atoms with Gasteiger partial charge in [0.15, 0.2) is 0 Å². The Hall–Kier alpha value is -2.39. The molecular formula is C18H16F3N3O2S. The first kappa shape index (κ1) is 18.0. The van der Waals surface area contributed by atoms with E-state index >= 15 is 0 Å². The number of anilines is 1. The molecule has 1 fully saturated rings. The van der Waals surface area contributed by atoms with Gasteiger partial charge in [-0.05, 0) is 42.7 Å². The van der Waals surface area contributed by atoms with Crippen molar-refractivity contribution in [2.45, 2.75) is 29.5 Å². The van der Waals surface area contributed by atoms with Gasteiger partial charge in [-0.25, -0.2) is 0 Å². The molecule has 1 saturated carbocycles. The molecule has 4 rings (SSSR count). The van der Waals surface area contributed by atoms with Crippen molar-refractivity contribution in [3.63, 3.8) is 0 Å². The van der Waals surface area contributed by atoms with Gasteiger partial charge in [0.25, 0.3) is 10.0 Å². The number of sulfonamides is 1. The number of amidine groups is 1. The molecule has 2 aromatic carbocycles. The summed E-state index contributed by atoms with van der Waals surface area (Å²) in [6, 6.07) is 11.5. The van der Waals surface area contributed by atoms with Crippen LogP contribution in [0.4, 0.5) is 18.9 Å². The Kier molecular flexibility index (Phi) is 4.04. The summed E-state index contributed by atoms with van der Waals surface area (Å²) in [5.41, 5.74) is 0.0663. The van der Waals surface area contributed by atoms with Crippen LogP contribution in [0.2, 0.25) is 0 Å². The van der Waals surface area contributed by atoms with E-state index in [2.05, 4.69) is 15.0 Å². The SMILES string of the molecule is O=S1(=O)N=C(CNC2(c3ccc(C(F)(F)F)cc3)CC2)Nc2ccccc21. The Bertz CT molecular complexity index is 1010. The van der Waals surface area contributed by atoms with Gasteiger partial charge >= 0.3 is 6.18 Å². The molecule has 0 radical (unpaired) electrons. The predicted molar refractivity (Wildman–Crippen MR) is 95.0 cm³/mol. The summed E-state index contributed by atoms with van der Waals surface area (Å²) in [6.07, 6.45) is -2.85. The Morgan fingerprint density at radius 1 is 1.07 bits per heavy atom. The minimum atomic E-state index is -4.37. The van der Waals surface area contributed by atoms with Crippen molar-refractivity contribution in [3.05, 3.63) is 59.7 Å². The largest absolute Gasteiger partial charge is 0.416 e. The van der Waals surface area contributed by atoms with E-state index in [9.17, 15) is 21.6 Å². The molecule has 1 heterocycles.